The van der Waals surface area contributed by atoms with Gasteiger partial charge in [0.1, 0.15) is 12.6 Å². The molecule has 4 N–H and O–H groups in total. The van der Waals surface area contributed by atoms with E-state index in [0.29, 0.717) is 12.8 Å². The van der Waals surface area contributed by atoms with Crippen LogP contribution in [0.25, 0.3) is 0 Å². The lowest BCUT2D eigenvalue weighted by atomic mass is 10.1. The molecule has 312 valence electrons. The van der Waals surface area contributed by atoms with E-state index in [1.54, 1.807) is 0 Å². The van der Waals surface area contributed by atoms with Gasteiger partial charge in [0.25, 0.3) is 0 Å². The minimum atomic E-state index is -4.72. The van der Waals surface area contributed by atoms with Crippen LogP contribution in [0.5, 0.6) is 0 Å². The van der Waals surface area contributed by atoms with Crippen molar-refractivity contribution in [2.75, 3.05) is 19.8 Å². The summed E-state index contributed by atoms with van der Waals surface area (Å²) in [5.41, 5.74) is 5.32. The lowest BCUT2D eigenvalue weighted by Gasteiger charge is -2.20. The number of hydrogen-bond acceptors (Lipinski definition) is 9. The van der Waals surface area contributed by atoms with Gasteiger partial charge in [0, 0.05) is 12.8 Å². The molecule has 0 spiro atoms. The number of hydrogen-bond donors (Lipinski definition) is 3. The van der Waals surface area contributed by atoms with E-state index in [0.717, 1.165) is 70.6 Å². The monoisotopic (exact) mass is 784 g/mol. The summed E-state index contributed by atoms with van der Waals surface area (Å²) in [7, 11) is -4.72. The van der Waals surface area contributed by atoms with Crippen molar-refractivity contribution in [3.8, 4) is 0 Å². The summed E-state index contributed by atoms with van der Waals surface area (Å²) in [4.78, 5) is 45.8. The van der Waals surface area contributed by atoms with E-state index in [1.807, 2.05) is 0 Å². The van der Waals surface area contributed by atoms with Crippen LogP contribution < -0.4 is 5.73 Å². The number of carboxylic acids is 1. The first-order valence-corrected chi connectivity index (χ1v) is 22.2. The third-order valence-corrected chi connectivity index (χ3v) is 9.50. The van der Waals surface area contributed by atoms with E-state index in [2.05, 4.69) is 67.0 Å². The van der Waals surface area contributed by atoms with Gasteiger partial charge in [-0.05, 0) is 77.0 Å². The summed E-state index contributed by atoms with van der Waals surface area (Å²) in [6.07, 6.45) is 40.3. The van der Waals surface area contributed by atoms with Gasteiger partial charge in [-0.3, -0.25) is 23.4 Å². The van der Waals surface area contributed by atoms with Crippen molar-refractivity contribution in [1.29, 1.82) is 0 Å². The van der Waals surface area contributed by atoms with Crippen molar-refractivity contribution in [1.82, 2.24) is 0 Å². The molecule has 0 aromatic rings. The van der Waals surface area contributed by atoms with Crippen LogP contribution in [0.1, 0.15) is 168 Å². The zero-order chi connectivity index (χ0) is 40.0. The third kappa shape index (κ3) is 36.4. The standard InChI is InChI=1S/C42H74NO10P/c1-3-5-7-9-11-13-15-17-18-19-20-22-24-26-28-30-32-34-41(45)53-38(36-51-54(48,49)52-37-39(43)42(46)47)35-50-40(44)33-31-29-27-25-23-21-16-14-12-10-8-6-4-2/h11,13,17-18,20-23,38-39H,3-10,12,14-16,19,24-37,43H2,1-2H3,(H,46,47)(H,48,49)/b13-11+,18-17+,22-20+,23-21+/t38-,39+/m1/s1. The Kier molecular flexibility index (Phi) is 35.6. The molecule has 0 aliphatic heterocycles. The smallest absolute Gasteiger partial charge is 0.472 e. The van der Waals surface area contributed by atoms with E-state index in [9.17, 15) is 23.8 Å². The lowest BCUT2D eigenvalue weighted by molar-refractivity contribution is -0.161. The quantitative estimate of drug-likeness (QED) is 0.0235. The average Bonchev–Trinajstić information content (AvgIpc) is 3.14. The van der Waals surface area contributed by atoms with Gasteiger partial charge in [0.2, 0.25) is 0 Å². The van der Waals surface area contributed by atoms with Crippen molar-refractivity contribution < 1.29 is 47.5 Å². The SMILES string of the molecule is CCCCC/C=C/C/C=C/C/C=C/CCCCCCC(=O)O[C@H](COC(=O)CCCCC/C=C/CCCCCCCC)COP(=O)(O)OC[C@H](N)C(=O)O. The number of rotatable bonds is 38. The summed E-state index contributed by atoms with van der Waals surface area (Å²) in [6, 6.07) is -1.53. The predicted molar refractivity (Wildman–Crippen MR) is 217 cm³/mol. The molecule has 0 bridgehead atoms. The molecular weight excluding hydrogens is 709 g/mol. The Morgan fingerprint density at radius 2 is 0.981 bits per heavy atom. The summed E-state index contributed by atoms with van der Waals surface area (Å²) in [5.74, 6) is -2.43. The second-order valence-corrected chi connectivity index (χ2v) is 15.2. The molecule has 12 heteroatoms. The third-order valence-electron chi connectivity index (χ3n) is 8.55. The van der Waals surface area contributed by atoms with Gasteiger partial charge in [-0.15, -0.1) is 0 Å². The number of esters is 2. The van der Waals surface area contributed by atoms with E-state index in [4.69, 9.17) is 24.8 Å². The molecule has 0 heterocycles. The number of ether oxygens (including phenoxy) is 2. The summed E-state index contributed by atoms with van der Waals surface area (Å²) < 4.78 is 32.6. The molecule has 11 nitrogen and oxygen atoms in total. The molecule has 54 heavy (non-hydrogen) atoms. The summed E-state index contributed by atoms with van der Waals surface area (Å²) in [6.45, 7) is 2.71. The maximum Gasteiger partial charge on any atom is 0.472 e. The first-order valence-electron chi connectivity index (χ1n) is 20.7. The zero-order valence-electron chi connectivity index (χ0n) is 33.6. The van der Waals surface area contributed by atoms with Gasteiger partial charge >= 0.3 is 25.7 Å². The lowest BCUT2D eigenvalue weighted by Crippen LogP contribution is -2.34. The molecule has 0 saturated carbocycles. The van der Waals surface area contributed by atoms with E-state index < -0.39 is 51.1 Å². The van der Waals surface area contributed by atoms with Crippen molar-refractivity contribution in [3.63, 3.8) is 0 Å². The van der Waals surface area contributed by atoms with Gasteiger partial charge < -0.3 is 25.2 Å². The van der Waals surface area contributed by atoms with Crippen LogP contribution in [-0.2, 0) is 37.5 Å². The fourth-order valence-corrected chi connectivity index (χ4v) is 6.02. The van der Waals surface area contributed by atoms with Crippen molar-refractivity contribution >= 4 is 25.7 Å². The van der Waals surface area contributed by atoms with Gasteiger partial charge in [-0.25, -0.2) is 4.57 Å². The highest BCUT2D eigenvalue weighted by molar-refractivity contribution is 7.47. The van der Waals surface area contributed by atoms with Crippen LogP contribution in [0, 0.1) is 0 Å². The molecule has 0 saturated heterocycles. The molecule has 3 atom stereocenters. The van der Waals surface area contributed by atoms with Crippen LogP contribution in [0.2, 0.25) is 0 Å². The molecule has 0 fully saturated rings. The largest absolute Gasteiger partial charge is 0.480 e. The minimum absolute atomic E-state index is 0.131. The second kappa shape index (κ2) is 37.4. The Balaban J connectivity index is 4.47. The number of carbonyl (C=O) groups is 3. The van der Waals surface area contributed by atoms with Gasteiger partial charge in [0.15, 0.2) is 6.10 Å². The molecular formula is C42H74NO10P. The van der Waals surface area contributed by atoms with Gasteiger partial charge in [-0.2, -0.15) is 0 Å². The van der Waals surface area contributed by atoms with E-state index >= 15 is 0 Å². The van der Waals surface area contributed by atoms with Crippen molar-refractivity contribution in [2.45, 2.75) is 180 Å². The molecule has 0 aliphatic carbocycles. The first kappa shape index (κ1) is 51.4. The van der Waals surface area contributed by atoms with Gasteiger partial charge in [-0.1, -0.05) is 127 Å². The molecule has 0 aromatic carbocycles. The Morgan fingerprint density at radius 3 is 1.54 bits per heavy atom. The fraction of sp³-hybridized carbons (Fsp3) is 0.738. The van der Waals surface area contributed by atoms with Crippen LogP contribution in [-0.4, -0.2) is 59.9 Å². The Morgan fingerprint density at radius 1 is 0.574 bits per heavy atom. The van der Waals surface area contributed by atoms with Crippen LogP contribution >= 0.6 is 7.82 Å². The number of phosphoric acid groups is 1. The number of allylic oxidation sites excluding steroid dienone is 8. The molecule has 0 aliphatic rings. The van der Waals surface area contributed by atoms with Crippen LogP contribution in [0.15, 0.2) is 48.6 Å². The number of unbranched alkanes of at least 4 members (excludes halogenated alkanes) is 16. The van der Waals surface area contributed by atoms with Gasteiger partial charge in [0.05, 0.1) is 13.2 Å². The number of carbonyl (C=O) groups excluding carboxylic acids is 2. The summed E-state index contributed by atoms with van der Waals surface area (Å²) in [5, 5.41) is 8.87. The van der Waals surface area contributed by atoms with Crippen molar-refractivity contribution in [2.24, 2.45) is 5.73 Å². The number of phosphoric ester groups is 1. The molecule has 0 aromatic heterocycles. The zero-order valence-corrected chi connectivity index (χ0v) is 34.4. The highest BCUT2D eigenvalue weighted by Crippen LogP contribution is 2.43. The second-order valence-electron chi connectivity index (χ2n) is 13.8. The molecule has 0 radical (unpaired) electrons. The van der Waals surface area contributed by atoms with E-state index in [-0.39, 0.29) is 19.4 Å². The molecule has 1 unspecified atom stereocenters. The Hall–Kier alpha value is -2.56. The number of carboxylic acid groups (broad SMARTS) is 1. The minimum Gasteiger partial charge on any atom is -0.480 e. The Labute approximate surface area is 326 Å². The first-order chi connectivity index (χ1) is 26.1. The van der Waals surface area contributed by atoms with Crippen LogP contribution in [0.3, 0.4) is 0 Å². The van der Waals surface area contributed by atoms with Crippen LogP contribution in [0.4, 0.5) is 0 Å². The summed E-state index contributed by atoms with van der Waals surface area (Å²) >= 11 is 0. The fourth-order valence-electron chi connectivity index (χ4n) is 5.24. The highest BCUT2D eigenvalue weighted by Gasteiger charge is 2.28. The normalized spacial score (nSPS) is 14.3. The topological polar surface area (TPSA) is 172 Å². The number of aliphatic carboxylic acids is 1. The van der Waals surface area contributed by atoms with E-state index in [1.165, 1.54) is 57.8 Å². The molecule has 0 rings (SSSR count). The maximum absolute atomic E-state index is 12.6. The molecule has 0 amide bonds. The average molecular weight is 784 g/mol. The van der Waals surface area contributed by atoms with Crippen molar-refractivity contribution in [3.05, 3.63) is 48.6 Å². The maximum atomic E-state index is 12.6. The highest BCUT2D eigenvalue weighted by atomic mass is 31.2. The predicted octanol–water partition coefficient (Wildman–Crippen LogP) is 10.6. The Bertz CT molecular complexity index is 1110. The number of nitrogens with two attached hydrogens (primary N) is 1.